The van der Waals surface area contributed by atoms with E-state index in [0.717, 1.165) is 19.3 Å². The number of methoxy groups -OCH3 is 1. The number of ether oxygens (including phenoxy) is 1. The monoisotopic (exact) mass is 330 g/mol. The van der Waals surface area contributed by atoms with Gasteiger partial charge in [-0.1, -0.05) is 18.2 Å². The number of hydrogen-bond acceptors (Lipinski definition) is 3. The maximum Gasteiger partial charge on any atom is 0.247 e. The summed E-state index contributed by atoms with van der Waals surface area (Å²) in [5.41, 5.74) is 1.72. The summed E-state index contributed by atoms with van der Waals surface area (Å²) < 4.78 is 19.4. The molecule has 1 aromatic carbocycles. The second kappa shape index (κ2) is 7.18. The highest BCUT2D eigenvalue weighted by atomic mass is 19.1. The highest BCUT2D eigenvalue weighted by Crippen LogP contribution is 2.35. The van der Waals surface area contributed by atoms with Crippen molar-refractivity contribution in [3.05, 3.63) is 63.8 Å². The minimum absolute atomic E-state index is 0.0754. The van der Waals surface area contributed by atoms with Crippen LogP contribution in [0.15, 0.2) is 41.3 Å². The van der Waals surface area contributed by atoms with Crippen LogP contribution in [0.4, 0.5) is 4.39 Å². The zero-order valence-electron chi connectivity index (χ0n) is 14.0. The first-order chi connectivity index (χ1) is 11.6. The number of H-pyrrole nitrogens is 1. The Morgan fingerprint density at radius 2 is 2.12 bits per heavy atom. The van der Waals surface area contributed by atoms with Gasteiger partial charge in [-0.3, -0.25) is 4.79 Å². The lowest BCUT2D eigenvalue weighted by atomic mass is 9.99. The number of halogens is 1. The van der Waals surface area contributed by atoms with Gasteiger partial charge in [0.15, 0.2) is 11.6 Å². The van der Waals surface area contributed by atoms with Crippen LogP contribution < -0.4 is 15.6 Å². The average Bonchev–Trinajstić information content (AvgIpc) is 3.04. The van der Waals surface area contributed by atoms with Crippen molar-refractivity contribution in [3.63, 3.8) is 0 Å². The minimum atomic E-state index is -0.296. The maximum absolute atomic E-state index is 14.4. The van der Waals surface area contributed by atoms with Gasteiger partial charge < -0.3 is 15.0 Å². The van der Waals surface area contributed by atoms with E-state index in [-0.39, 0.29) is 23.2 Å². The SMILES string of the molecule is COc1cccc([C@@H](C)NC2CC[C@H](c3ccc(=O)[nH]c3)C2)c1F. The number of benzene rings is 1. The van der Waals surface area contributed by atoms with E-state index >= 15 is 0 Å². The molecule has 24 heavy (non-hydrogen) atoms. The summed E-state index contributed by atoms with van der Waals surface area (Å²) in [6, 6.07) is 8.97. The highest BCUT2D eigenvalue weighted by molar-refractivity contribution is 5.33. The van der Waals surface area contributed by atoms with Crippen LogP contribution in [0.3, 0.4) is 0 Å². The molecule has 0 spiro atoms. The zero-order chi connectivity index (χ0) is 17.1. The lowest BCUT2D eigenvalue weighted by molar-refractivity contribution is 0.376. The van der Waals surface area contributed by atoms with Crippen LogP contribution in [0, 0.1) is 5.82 Å². The van der Waals surface area contributed by atoms with Crippen molar-refractivity contribution in [3.8, 4) is 5.75 Å². The Labute approximate surface area is 141 Å². The molecule has 0 amide bonds. The average molecular weight is 330 g/mol. The molecule has 1 unspecified atom stereocenters. The van der Waals surface area contributed by atoms with Gasteiger partial charge in [-0.05, 0) is 43.7 Å². The van der Waals surface area contributed by atoms with E-state index in [4.69, 9.17) is 4.74 Å². The standard InChI is InChI=1S/C19H23FN2O2/c1-12(16-4-3-5-17(24-2)19(16)20)22-15-8-6-13(10-15)14-7-9-18(23)21-11-14/h3-5,7,9,11-13,15,22H,6,8,10H2,1-2H3,(H,21,23)/t12-,13+,15?/m1/s1. The largest absolute Gasteiger partial charge is 0.494 e. The van der Waals surface area contributed by atoms with Crippen LogP contribution in [-0.2, 0) is 0 Å². The molecular formula is C19H23FN2O2. The van der Waals surface area contributed by atoms with Gasteiger partial charge in [-0.25, -0.2) is 4.39 Å². The second-order valence-corrected chi connectivity index (χ2v) is 6.44. The fraction of sp³-hybridized carbons (Fsp3) is 0.421. The third-order valence-corrected chi connectivity index (χ3v) is 4.88. The minimum Gasteiger partial charge on any atom is -0.494 e. The molecule has 0 bridgehead atoms. The van der Waals surface area contributed by atoms with Crippen molar-refractivity contribution in [1.29, 1.82) is 0 Å². The van der Waals surface area contributed by atoms with Gasteiger partial charge in [-0.2, -0.15) is 0 Å². The molecule has 1 fully saturated rings. The third-order valence-electron chi connectivity index (χ3n) is 4.88. The van der Waals surface area contributed by atoms with Gasteiger partial charge in [0.1, 0.15) is 0 Å². The fourth-order valence-corrected chi connectivity index (χ4v) is 3.58. The molecule has 3 atom stereocenters. The van der Waals surface area contributed by atoms with Crippen LogP contribution in [-0.4, -0.2) is 18.1 Å². The number of pyridine rings is 1. The van der Waals surface area contributed by atoms with Gasteiger partial charge >= 0.3 is 0 Å². The summed E-state index contributed by atoms with van der Waals surface area (Å²) in [4.78, 5) is 13.9. The summed E-state index contributed by atoms with van der Waals surface area (Å²) in [5, 5.41) is 3.53. The van der Waals surface area contributed by atoms with Crippen LogP contribution in [0.2, 0.25) is 0 Å². The molecule has 3 rings (SSSR count). The molecule has 1 saturated carbocycles. The Morgan fingerprint density at radius 3 is 2.83 bits per heavy atom. The van der Waals surface area contributed by atoms with Crippen LogP contribution in [0.1, 0.15) is 49.3 Å². The third kappa shape index (κ3) is 3.51. The quantitative estimate of drug-likeness (QED) is 0.882. The van der Waals surface area contributed by atoms with E-state index in [2.05, 4.69) is 10.3 Å². The Morgan fingerprint density at radius 1 is 1.29 bits per heavy atom. The van der Waals surface area contributed by atoms with Crippen LogP contribution in [0.25, 0.3) is 0 Å². The number of nitrogens with one attached hydrogen (secondary N) is 2. The molecule has 1 aliphatic rings. The Bertz CT molecular complexity index is 739. The molecule has 0 radical (unpaired) electrons. The van der Waals surface area contributed by atoms with Gasteiger partial charge in [0, 0.05) is 29.9 Å². The van der Waals surface area contributed by atoms with E-state index in [9.17, 15) is 9.18 Å². The smallest absolute Gasteiger partial charge is 0.247 e. The van der Waals surface area contributed by atoms with Crippen molar-refractivity contribution < 1.29 is 9.13 Å². The van der Waals surface area contributed by atoms with Crippen LogP contribution in [0.5, 0.6) is 5.75 Å². The first-order valence-electron chi connectivity index (χ1n) is 8.35. The molecule has 1 aromatic heterocycles. The molecule has 5 heteroatoms. The summed E-state index contributed by atoms with van der Waals surface area (Å²) in [6.07, 6.45) is 4.90. The van der Waals surface area contributed by atoms with Gasteiger partial charge in [0.05, 0.1) is 7.11 Å². The van der Waals surface area contributed by atoms with Gasteiger partial charge in [-0.15, -0.1) is 0 Å². The Hall–Kier alpha value is -2.14. The normalized spacial score (nSPS) is 21.6. The molecule has 4 nitrogen and oxygen atoms in total. The Kier molecular flexibility index (Phi) is 5.00. The summed E-state index contributed by atoms with van der Waals surface area (Å²) in [7, 11) is 1.48. The van der Waals surface area contributed by atoms with E-state index in [1.54, 1.807) is 24.4 Å². The second-order valence-electron chi connectivity index (χ2n) is 6.44. The van der Waals surface area contributed by atoms with Crippen molar-refractivity contribution >= 4 is 0 Å². The lowest BCUT2D eigenvalue weighted by Crippen LogP contribution is -2.29. The topological polar surface area (TPSA) is 54.1 Å². The summed E-state index contributed by atoms with van der Waals surface area (Å²) in [5.74, 6) is 0.413. The first kappa shape index (κ1) is 16.7. The van der Waals surface area contributed by atoms with Crippen LogP contribution >= 0.6 is 0 Å². The number of aromatic nitrogens is 1. The Balaban J connectivity index is 1.65. The van der Waals surface area contributed by atoms with Crippen molar-refractivity contribution in [2.45, 2.75) is 44.2 Å². The van der Waals surface area contributed by atoms with Gasteiger partial charge in [0.25, 0.3) is 0 Å². The summed E-state index contributed by atoms with van der Waals surface area (Å²) in [6.45, 7) is 1.98. The number of rotatable bonds is 5. The molecule has 1 heterocycles. The maximum atomic E-state index is 14.4. The molecule has 0 saturated heterocycles. The van der Waals surface area contributed by atoms with E-state index in [0.29, 0.717) is 17.5 Å². The molecule has 2 aromatic rings. The molecular weight excluding hydrogens is 307 g/mol. The molecule has 2 N–H and O–H groups in total. The lowest BCUT2D eigenvalue weighted by Gasteiger charge is -2.21. The predicted octanol–water partition coefficient (Wildman–Crippen LogP) is 3.51. The van der Waals surface area contributed by atoms with E-state index in [1.807, 2.05) is 19.1 Å². The molecule has 128 valence electrons. The molecule has 0 aliphatic heterocycles. The zero-order valence-corrected chi connectivity index (χ0v) is 14.0. The summed E-state index contributed by atoms with van der Waals surface area (Å²) >= 11 is 0. The predicted molar refractivity (Wildman–Crippen MR) is 91.9 cm³/mol. The number of hydrogen-bond donors (Lipinski definition) is 2. The fourth-order valence-electron chi connectivity index (χ4n) is 3.58. The van der Waals surface area contributed by atoms with Crippen molar-refractivity contribution in [2.24, 2.45) is 0 Å². The first-order valence-corrected chi connectivity index (χ1v) is 8.35. The van der Waals surface area contributed by atoms with E-state index < -0.39 is 0 Å². The highest BCUT2D eigenvalue weighted by Gasteiger charge is 2.27. The van der Waals surface area contributed by atoms with Crippen molar-refractivity contribution in [2.75, 3.05) is 7.11 Å². The van der Waals surface area contributed by atoms with E-state index in [1.165, 1.54) is 12.7 Å². The van der Waals surface area contributed by atoms with Gasteiger partial charge in [0.2, 0.25) is 5.56 Å². The van der Waals surface area contributed by atoms with Crippen molar-refractivity contribution in [1.82, 2.24) is 10.3 Å². The molecule has 1 aliphatic carbocycles. The number of aromatic amines is 1.